The van der Waals surface area contributed by atoms with Crippen molar-refractivity contribution in [1.29, 1.82) is 0 Å². The van der Waals surface area contributed by atoms with E-state index in [1.807, 2.05) is 30.7 Å². The zero-order chi connectivity index (χ0) is 28.6. The third kappa shape index (κ3) is 3.38. The first kappa shape index (κ1) is 14.5. The molecule has 1 fully saturated rings. The molecule has 1 saturated carbocycles. The molecule has 2 aromatic heterocycles. The Morgan fingerprint density at radius 1 is 0.909 bits per heavy atom. The summed E-state index contributed by atoms with van der Waals surface area (Å²) in [5.41, 5.74) is 4.22. The van der Waals surface area contributed by atoms with Crippen LogP contribution in [0.1, 0.15) is 69.8 Å². The third-order valence-electron chi connectivity index (χ3n) is 7.18. The van der Waals surface area contributed by atoms with E-state index in [1.54, 1.807) is 29.7 Å². The van der Waals surface area contributed by atoms with E-state index in [0.717, 1.165) is 79.0 Å². The second kappa shape index (κ2) is 7.95. The molecule has 166 valence electrons. The normalized spacial score (nSPS) is 20.0. The fourth-order valence-electron chi connectivity index (χ4n) is 5.53. The summed E-state index contributed by atoms with van der Waals surface area (Å²) in [5.74, 6) is -0.546. The standard InChI is InChI=1S/C31H32NS/c1-19-10-13-25(20(2)16-19)29-31-28(21(3)18-32(29)4)27-15-12-24-17-23(22-8-6-5-7-9-22)11-14-26(24)30(27)33-31/h10-18,22H,5-9H2,1-4H3/q+1/i1D3,3D3,22D. The topological polar surface area (TPSA) is 3.88 Å². The van der Waals surface area contributed by atoms with Gasteiger partial charge in [-0.1, -0.05) is 67.3 Å². The van der Waals surface area contributed by atoms with Crippen LogP contribution in [-0.4, -0.2) is 0 Å². The highest BCUT2D eigenvalue weighted by molar-refractivity contribution is 7.27. The molecule has 0 N–H and O–H groups in total. The van der Waals surface area contributed by atoms with E-state index < -0.39 is 19.6 Å². The maximum absolute atomic E-state index is 9.11. The quantitative estimate of drug-likeness (QED) is 0.233. The Bertz CT molecular complexity index is 1790. The van der Waals surface area contributed by atoms with E-state index in [1.165, 1.54) is 6.42 Å². The number of rotatable bonds is 2. The van der Waals surface area contributed by atoms with Crippen molar-refractivity contribution in [3.8, 4) is 11.3 Å². The van der Waals surface area contributed by atoms with Crippen molar-refractivity contribution in [2.75, 3.05) is 0 Å². The van der Waals surface area contributed by atoms with Crippen molar-refractivity contribution in [2.24, 2.45) is 7.05 Å². The van der Waals surface area contributed by atoms with E-state index >= 15 is 0 Å². The zero-order valence-corrected chi connectivity index (χ0v) is 19.9. The lowest BCUT2D eigenvalue weighted by Crippen LogP contribution is -2.31. The van der Waals surface area contributed by atoms with E-state index in [4.69, 9.17) is 9.60 Å². The van der Waals surface area contributed by atoms with E-state index in [2.05, 4.69) is 24.3 Å². The number of hydrogen-bond donors (Lipinski definition) is 0. The smallest absolute Gasteiger partial charge is 0.200 e. The van der Waals surface area contributed by atoms with Crippen molar-refractivity contribution in [2.45, 2.75) is 58.6 Å². The first-order valence-corrected chi connectivity index (χ1v) is 12.5. The minimum absolute atomic E-state index is 0.287. The van der Waals surface area contributed by atoms with Crippen LogP contribution in [0.25, 0.3) is 42.2 Å². The van der Waals surface area contributed by atoms with Gasteiger partial charge in [0.2, 0.25) is 5.69 Å². The summed E-state index contributed by atoms with van der Waals surface area (Å²) >= 11 is 1.59. The van der Waals surface area contributed by atoms with Gasteiger partial charge in [0.1, 0.15) is 11.7 Å². The molecule has 1 aliphatic rings. The Morgan fingerprint density at radius 2 is 1.76 bits per heavy atom. The monoisotopic (exact) mass is 457 g/mol. The highest BCUT2D eigenvalue weighted by atomic mass is 32.1. The minimum Gasteiger partial charge on any atom is -0.200 e. The number of nitrogens with zero attached hydrogens (tertiary/aromatic N) is 1. The fraction of sp³-hybridized carbons (Fsp3) is 0.323. The van der Waals surface area contributed by atoms with Crippen LogP contribution in [0.3, 0.4) is 0 Å². The van der Waals surface area contributed by atoms with Crippen molar-refractivity contribution in [3.63, 3.8) is 0 Å². The van der Waals surface area contributed by atoms with Crippen molar-refractivity contribution in [3.05, 3.63) is 77.0 Å². The van der Waals surface area contributed by atoms with Crippen molar-refractivity contribution in [1.82, 2.24) is 0 Å². The SMILES string of the molecule is [2H]C([2H])([2H])c1ccc(-c2c3sc4c5ccc(C6([2H])CCCCC6)cc5ccc4c3c(C([2H])([2H])[2H])c[n+]2C)c(C)c1. The molecular weight excluding hydrogens is 418 g/mol. The highest BCUT2D eigenvalue weighted by Gasteiger charge is 2.23. The summed E-state index contributed by atoms with van der Waals surface area (Å²) in [4.78, 5) is 0. The number of aromatic nitrogens is 1. The molecule has 1 nitrogen and oxygen atoms in total. The lowest BCUT2D eigenvalue weighted by Gasteiger charge is -2.22. The maximum Gasteiger partial charge on any atom is 0.230 e. The number of thiophene rings is 1. The van der Waals surface area contributed by atoms with Crippen LogP contribution in [0.4, 0.5) is 0 Å². The van der Waals surface area contributed by atoms with Crippen molar-refractivity contribution >= 4 is 42.3 Å². The molecule has 6 rings (SSSR count). The Morgan fingerprint density at radius 3 is 2.55 bits per heavy atom. The van der Waals surface area contributed by atoms with Gasteiger partial charge in [-0.05, 0) is 67.3 Å². The van der Waals surface area contributed by atoms with Gasteiger partial charge in [0.15, 0.2) is 6.20 Å². The molecule has 3 aromatic carbocycles. The lowest BCUT2D eigenvalue weighted by molar-refractivity contribution is -0.659. The van der Waals surface area contributed by atoms with Crippen LogP contribution in [0.2, 0.25) is 0 Å². The number of aryl methyl sites for hydroxylation is 4. The predicted molar refractivity (Wildman–Crippen MR) is 143 cm³/mol. The summed E-state index contributed by atoms with van der Waals surface area (Å²) in [6.07, 6.45) is 6.83. The molecule has 2 heteroatoms. The summed E-state index contributed by atoms with van der Waals surface area (Å²) in [6.45, 7) is -2.60. The average Bonchev–Trinajstić information content (AvgIpc) is 3.27. The molecule has 1 aliphatic carbocycles. The molecule has 0 atom stereocenters. The summed E-state index contributed by atoms with van der Waals surface area (Å²) in [6, 6.07) is 15.6. The summed E-state index contributed by atoms with van der Waals surface area (Å²) < 4.78 is 61.3. The Kier molecular flexibility index (Phi) is 3.50. The van der Waals surface area contributed by atoms with E-state index in [0.29, 0.717) is 5.56 Å². The van der Waals surface area contributed by atoms with E-state index in [-0.39, 0.29) is 5.56 Å². The molecule has 0 saturated heterocycles. The second-order valence-corrected chi connectivity index (χ2v) is 10.4. The minimum atomic E-state index is -2.31. The zero-order valence-electron chi connectivity index (χ0n) is 26.1. The van der Waals surface area contributed by atoms with Gasteiger partial charge in [-0.15, -0.1) is 11.3 Å². The second-order valence-electron chi connectivity index (χ2n) is 9.38. The Balaban J connectivity index is 1.64. The number of benzene rings is 3. The number of fused-ring (bicyclic) bond motifs is 5. The fourth-order valence-corrected chi connectivity index (χ4v) is 6.98. The van der Waals surface area contributed by atoms with E-state index in [9.17, 15) is 0 Å². The summed E-state index contributed by atoms with van der Waals surface area (Å²) in [7, 11) is 1.85. The molecule has 0 aliphatic heterocycles. The molecule has 5 aromatic rings. The molecule has 0 bridgehead atoms. The van der Waals surface area contributed by atoms with Gasteiger partial charge in [-0.25, -0.2) is 0 Å². The Hall–Kier alpha value is -2.71. The van der Waals surface area contributed by atoms with Gasteiger partial charge in [0.05, 0.1) is 5.56 Å². The molecule has 0 spiro atoms. The van der Waals surface area contributed by atoms with Gasteiger partial charge in [0.25, 0.3) is 0 Å². The average molecular weight is 458 g/mol. The van der Waals surface area contributed by atoms with Gasteiger partial charge in [-0.2, -0.15) is 4.57 Å². The van der Waals surface area contributed by atoms with Gasteiger partial charge in [0, 0.05) is 30.6 Å². The maximum atomic E-state index is 9.11. The van der Waals surface area contributed by atoms with Crippen LogP contribution in [-0.2, 0) is 7.05 Å². The van der Waals surface area contributed by atoms with Gasteiger partial charge < -0.3 is 0 Å². The first-order valence-electron chi connectivity index (χ1n) is 15.2. The molecule has 33 heavy (non-hydrogen) atoms. The molecule has 0 amide bonds. The van der Waals surface area contributed by atoms with Crippen molar-refractivity contribution < 1.29 is 14.2 Å². The van der Waals surface area contributed by atoms with Crippen LogP contribution in [0, 0.1) is 20.6 Å². The lowest BCUT2D eigenvalue weighted by atomic mass is 9.83. The molecular formula is C31H32NS+. The van der Waals surface area contributed by atoms with Crippen LogP contribution in [0.5, 0.6) is 0 Å². The van der Waals surface area contributed by atoms with Gasteiger partial charge in [-0.3, -0.25) is 0 Å². The summed E-state index contributed by atoms with van der Waals surface area (Å²) in [5, 5.41) is 3.75. The Labute approximate surface area is 210 Å². The molecule has 0 unspecified atom stereocenters. The predicted octanol–water partition coefficient (Wildman–Crippen LogP) is 8.67. The molecule has 0 radical (unpaired) electrons. The first-order chi connectivity index (χ1) is 18.8. The van der Waals surface area contributed by atoms with Crippen LogP contribution >= 0.6 is 11.3 Å². The van der Waals surface area contributed by atoms with Gasteiger partial charge >= 0.3 is 0 Å². The number of pyridine rings is 1. The van der Waals surface area contributed by atoms with Crippen LogP contribution < -0.4 is 4.57 Å². The highest BCUT2D eigenvalue weighted by Crippen LogP contribution is 2.44. The number of hydrogen-bond acceptors (Lipinski definition) is 1. The molecule has 2 heterocycles. The van der Waals surface area contributed by atoms with Crippen LogP contribution in [0.15, 0.2) is 54.7 Å². The third-order valence-corrected chi connectivity index (χ3v) is 8.42. The largest absolute Gasteiger partial charge is 0.230 e.